The number of carboxylic acids is 1. The summed E-state index contributed by atoms with van der Waals surface area (Å²) in [5, 5.41) is 23.6. The van der Waals surface area contributed by atoms with Crippen LogP contribution in [0.5, 0.6) is 0 Å². The third-order valence-corrected chi connectivity index (χ3v) is 6.39. The summed E-state index contributed by atoms with van der Waals surface area (Å²) in [6.45, 7) is 1.62. The van der Waals surface area contributed by atoms with Gasteiger partial charge in [-0.2, -0.15) is 5.26 Å². The minimum atomic E-state index is -0.934. The van der Waals surface area contributed by atoms with Crippen LogP contribution in [-0.4, -0.2) is 24.2 Å². The predicted molar refractivity (Wildman–Crippen MR) is 122 cm³/mol. The molecule has 0 amide bonds. The molecule has 0 aromatic heterocycles. The lowest BCUT2D eigenvalue weighted by atomic mass is 9.71. The Morgan fingerprint density at radius 2 is 1.77 bits per heavy atom. The Labute approximate surface area is 187 Å². The Morgan fingerprint density at radius 3 is 2.45 bits per heavy atom. The van der Waals surface area contributed by atoms with Crippen LogP contribution in [0.4, 0.5) is 0 Å². The molecule has 1 aliphatic heterocycles. The molecule has 1 saturated heterocycles. The van der Waals surface area contributed by atoms with Crippen LogP contribution >= 0.6 is 11.6 Å². The average Bonchev–Trinajstić information content (AvgIpc) is 2.81. The van der Waals surface area contributed by atoms with E-state index in [1.165, 1.54) is 0 Å². The standard InChI is InChI=1S/C26H23ClN2O2/c27-20-11-9-17(10-12-20)21-3-1-2-4-22(21)24(15-28)23-13-14-29-16-25(23)18-5-7-19(8-6-18)26(30)31/h1-12,23-25,29H,13-14,16H2,(H,30,31). The first-order valence-electron chi connectivity index (χ1n) is 10.4. The van der Waals surface area contributed by atoms with Gasteiger partial charge in [0.1, 0.15) is 0 Å². The number of aromatic carboxylic acids is 1. The van der Waals surface area contributed by atoms with E-state index in [2.05, 4.69) is 17.5 Å². The first-order chi connectivity index (χ1) is 15.1. The molecule has 0 saturated carbocycles. The molecule has 0 aliphatic carbocycles. The number of nitriles is 1. The van der Waals surface area contributed by atoms with Gasteiger partial charge < -0.3 is 10.4 Å². The molecular weight excluding hydrogens is 408 g/mol. The van der Waals surface area contributed by atoms with Crippen LogP contribution in [0.15, 0.2) is 72.8 Å². The summed E-state index contributed by atoms with van der Waals surface area (Å²) in [4.78, 5) is 11.2. The van der Waals surface area contributed by atoms with Crippen molar-refractivity contribution in [3.8, 4) is 17.2 Å². The van der Waals surface area contributed by atoms with Gasteiger partial charge in [0.05, 0.1) is 17.6 Å². The van der Waals surface area contributed by atoms with Gasteiger partial charge >= 0.3 is 5.97 Å². The van der Waals surface area contributed by atoms with E-state index in [0.29, 0.717) is 5.02 Å². The summed E-state index contributed by atoms with van der Waals surface area (Å²) in [6.07, 6.45) is 0.874. The van der Waals surface area contributed by atoms with Crippen LogP contribution in [-0.2, 0) is 0 Å². The van der Waals surface area contributed by atoms with Gasteiger partial charge in [-0.1, -0.05) is 60.1 Å². The Bertz CT molecular complexity index is 1100. The van der Waals surface area contributed by atoms with Gasteiger partial charge in [0.15, 0.2) is 0 Å². The van der Waals surface area contributed by atoms with Gasteiger partial charge in [0, 0.05) is 17.5 Å². The van der Waals surface area contributed by atoms with Crippen molar-refractivity contribution in [2.24, 2.45) is 5.92 Å². The lowest BCUT2D eigenvalue weighted by Crippen LogP contribution is -2.37. The maximum atomic E-state index is 11.2. The van der Waals surface area contributed by atoms with Crippen molar-refractivity contribution >= 4 is 17.6 Å². The number of hydrogen-bond donors (Lipinski definition) is 2. The molecule has 4 rings (SSSR count). The fourth-order valence-corrected chi connectivity index (χ4v) is 4.70. The molecule has 3 atom stereocenters. The minimum Gasteiger partial charge on any atom is -0.478 e. The zero-order valence-electron chi connectivity index (χ0n) is 17.0. The summed E-state index contributed by atoms with van der Waals surface area (Å²) in [7, 11) is 0. The first kappa shape index (κ1) is 21.1. The Balaban J connectivity index is 1.72. The lowest BCUT2D eigenvalue weighted by Gasteiger charge is -2.36. The number of piperidine rings is 1. The summed E-state index contributed by atoms with van der Waals surface area (Å²) in [5.74, 6) is -0.968. The monoisotopic (exact) mass is 430 g/mol. The molecule has 4 nitrogen and oxygen atoms in total. The van der Waals surface area contributed by atoms with E-state index in [-0.39, 0.29) is 23.3 Å². The van der Waals surface area contributed by atoms with Crippen molar-refractivity contribution in [2.45, 2.75) is 18.3 Å². The number of hydrogen-bond acceptors (Lipinski definition) is 3. The normalized spacial score (nSPS) is 19.4. The van der Waals surface area contributed by atoms with Crippen molar-refractivity contribution in [1.82, 2.24) is 5.32 Å². The van der Waals surface area contributed by atoms with Crippen molar-refractivity contribution < 1.29 is 9.90 Å². The number of benzene rings is 3. The fourth-order valence-electron chi connectivity index (χ4n) is 4.57. The van der Waals surface area contributed by atoms with Crippen LogP contribution in [0.3, 0.4) is 0 Å². The van der Waals surface area contributed by atoms with Gasteiger partial charge in [-0.05, 0) is 65.4 Å². The highest BCUT2D eigenvalue weighted by Gasteiger charge is 2.35. The van der Waals surface area contributed by atoms with Crippen LogP contribution in [0.1, 0.15) is 39.7 Å². The molecule has 1 fully saturated rings. The molecule has 0 spiro atoms. The zero-order chi connectivity index (χ0) is 21.8. The summed E-state index contributed by atoms with van der Waals surface area (Å²) in [6, 6.07) is 25.4. The largest absolute Gasteiger partial charge is 0.478 e. The molecule has 1 aliphatic rings. The summed E-state index contributed by atoms with van der Waals surface area (Å²) in [5.41, 5.74) is 4.44. The second-order valence-electron chi connectivity index (χ2n) is 7.89. The van der Waals surface area contributed by atoms with E-state index in [4.69, 9.17) is 11.6 Å². The maximum Gasteiger partial charge on any atom is 0.335 e. The highest BCUT2D eigenvalue weighted by Crippen LogP contribution is 2.42. The maximum absolute atomic E-state index is 11.2. The molecule has 3 aromatic rings. The van der Waals surface area contributed by atoms with E-state index < -0.39 is 5.97 Å². The Hall–Kier alpha value is -3.13. The van der Waals surface area contributed by atoms with Gasteiger partial charge in [-0.3, -0.25) is 0 Å². The third-order valence-electron chi connectivity index (χ3n) is 6.14. The van der Waals surface area contributed by atoms with Crippen molar-refractivity contribution in [2.75, 3.05) is 13.1 Å². The van der Waals surface area contributed by atoms with E-state index >= 15 is 0 Å². The van der Waals surface area contributed by atoms with E-state index in [0.717, 1.165) is 41.8 Å². The number of rotatable bonds is 5. The second-order valence-corrected chi connectivity index (χ2v) is 8.33. The topological polar surface area (TPSA) is 73.1 Å². The number of nitrogens with one attached hydrogen (secondary N) is 1. The molecule has 1 heterocycles. The van der Waals surface area contributed by atoms with Crippen LogP contribution in [0.25, 0.3) is 11.1 Å². The average molecular weight is 431 g/mol. The summed E-state index contributed by atoms with van der Waals surface area (Å²) >= 11 is 6.07. The van der Waals surface area contributed by atoms with Gasteiger partial charge in [0.25, 0.3) is 0 Å². The summed E-state index contributed by atoms with van der Waals surface area (Å²) < 4.78 is 0. The number of nitrogens with zero attached hydrogens (tertiary/aromatic N) is 1. The van der Waals surface area contributed by atoms with Crippen LogP contribution in [0, 0.1) is 17.2 Å². The molecule has 31 heavy (non-hydrogen) atoms. The van der Waals surface area contributed by atoms with E-state index in [1.54, 1.807) is 12.1 Å². The minimum absolute atomic E-state index is 0.121. The van der Waals surface area contributed by atoms with E-state index in [9.17, 15) is 15.2 Å². The lowest BCUT2D eigenvalue weighted by molar-refractivity contribution is 0.0697. The SMILES string of the molecule is N#CC(c1ccccc1-c1ccc(Cl)cc1)C1CCNCC1c1ccc(C(=O)O)cc1. The third kappa shape index (κ3) is 4.49. The zero-order valence-corrected chi connectivity index (χ0v) is 17.7. The highest BCUT2D eigenvalue weighted by atomic mass is 35.5. The molecule has 5 heteroatoms. The predicted octanol–water partition coefficient (Wildman–Crippen LogP) is 5.71. The fraction of sp³-hybridized carbons (Fsp3) is 0.231. The molecule has 2 N–H and O–H groups in total. The molecule has 156 valence electrons. The Morgan fingerprint density at radius 1 is 1.06 bits per heavy atom. The van der Waals surface area contributed by atoms with Crippen molar-refractivity contribution in [3.63, 3.8) is 0 Å². The number of carboxylic acid groups (broad SMARTS) is 1. The van der Waals surface area contributed by atoms with E-state index in [1.807, 2.05) is 54.6 Å². The van der Waals surface area contributed by atoms with Crippen LogP contribution in [0.2, 0.25) is 5.02 Å². The van der Waals surface area contributed by atoms with Gasteiger partial charge in [0.2, 0.25) is 0 Å². The number of halogens is 1. The molecule has 3 aromatic carbocycles. The smallest absolute Gasteiger partial charge is 0.335 e. The van der Waals surface area contributed by atoms with Crippen LogP contribution < -0.4 is 5.32 Å². The van der Waals surface area contributed by atoms with Crippen molar-refractivity contribution in [1.29, 1.82) is 5.26 Å². The molecule has 0 bridgehead atoms. The van der Waals surface area contributed by atoms with Crippen molar-refractivity contribution in [3.05, 3.63) is 94.5 Å². The molecular formula is C26H23ClN2O2. The Kier molecular flexibility index (Phi) is 6.36. The van der Waals surface area contributed by atoms with Gasteiger partial charge in [-0.15, -0.1) is 0 Å². The second kappa shape index (κ2) is 9.34. The molecule has 0 radical (unpaired) electrons. The quantitative estimate of drug-likeness (QED) is 0.544. The first-order valence-corrected chi connectivity index (χ1v) is 10.7. The molecule has 3 unspecified atom stereocenters. The highest BCUT2D eigenvalue weighted by molar-refractivity contribution is 6.30. The number of carbonyl (C=O) groups is 1. The van der Waals surface area contributed by atoms with Gasteiger partial charge in [-0.25, -0.2) is 4.79 Å².